The van der Waals surface area contributed by atoms with Crippen molar-refractivity contribution < 1.29 is 0 Å². The number of hydrogen-bond donors (Lipinski definition) is 1. The summed E-state index contributed by atoms with van der Waals surface area (Å²) >= 11 is 2.05. The largest absolute Gasteiger partial charge is 0.314 e. The summed E-state index contributed by atoms with van der Waals surface area (Å²) < 4.78 is 0. The van der Waals surface area contributed by atoms with Gasteiger partial charge in [-0.15, -0.1) is 0 Å². The Hall–Kier alpha value is 0.310. The van der Waals surface area contributed by atoms with Gasteiger partial charge in [0, 0.05) is 6.04 Å². The Morgan fingerprint density at radius 3 is 2.77 bits per heavy atom. The molecule has 0 aliphatic heterocycles. The molecule has 0 saturated heterocycles. The smallest absolute Gasteiger partial charge is 0.00670 e. The average Bonchev–Trinajstić information content (AvgIpc) is 2.01. The number of rotatable bonds is 7. The summed E-state index contributed by atoms with van der Waals surface area (Å²) in [5.74, 6) is 3.57. The topological polar surface area (TPSA) is 12.0 Å². The molecular formula is C11H23NS. The highest BCUT2D eigenvalue weighted by atomic mass is 32.2. The van der Waals surface area contributed by atoms with Crippen LogP contribution >= 0.6 is 11.8 Å². The molecule has 1 aliphatic carbocycles. The van der Waals surface area contributed by atoms with E-state index >= 15 is 0 Å². The van der Waals surface area contributed by atoms with Crippen LogP contribution in [0.2, 0.25) is 0 Å². The van der Waals surface area contributed by atoms with E-state index in [1.807, 2.05) is 11.8 Å². The average molecular weight is 201 g/mol. The summed E-state index contributed by atoms with van der Waals surface area (Å²) in [6, 6.07) is 0.764. The summed E-state index contributed by atoms with van der Waals surface area (Å²) in [6.07, 6.45) is 5.70. The summed E-state index contributed by atoms with van der Waals surface area (Å²) in [5.41, 5.74) is 0. The lowest BCUT2D eigenvalue weighted by atomic mass is 9.80. The van der Waals surface area contributed by atoms with Crippen LogP contribution in [0.3, 0.4) is 0 Å². The van der Waals surface area contributed by atoms with Crippen LogP contribution < -0.4 is 5.32 Å². The molecule has 1 aliphatic rings. The first-order valence-corrected chi connectivity index (χ1v) is 6.81. The fraction of sp³-hybridized carbons (Fsp3) is 1.00. The van der Waals surface area contributed by atoms with Gasteiger partial charge in [-0.25, -0.2) is 0 Å². The Bertz CT molecular complexity index is 123. The second kappa shape index (κ2) is 6.72. The zero-order chi connectivity index (χ0) is 9.52. The Kier molecular flexibility index (Phi) is 5.88. The van der Waals surface area contributed by atoms with Gasteiger partial charge in [0.25, 0.3) is 0 Å². The van der Waals surface area contributed by atoms with Crippen molar-refractivity contribution in [3.8, 4) is 0 Å². The molecular weight excluding hydrogens is 178 g/mol. The molecule has 0 heterocycles. The van der Waals surface area contributed by atoms with Crippen molar-refractivity contribution in [3.63, 3.8) is 0 Å². The highest BCUT2D eigenvalue weighted by molar-refractivity contribution is 7.99. The second-order valence-electron chi connectivity index (χ2n) is 3.98. The van der Waals surface area contributed by atoms with Crippen molar-refractivity contribution in [3.05, 3.63) is 0 Å². The highest BCUT2D eigenvalue weighted by Gasteiger charge is 2.22. The first-order chi connectivity index (χ1) is 6.34. The summed E-state index contributed by atoms with van der Waals surface area (Å²) in [5, 5.41) is 3.63. The second-order valence-corrected chi connectivity index (χ2v) is 5.38. The lowest BCUT2D eigenvalue weighted by molar-refractivity contribution is 0.241. The quantitative estimate of drug-likeness (QED) is 0.636. The van der Waals surface area contributed by atoms with Gasteiger partial charge in [0.2, 0.25) is 0 Å². The normalized spacial score (nSPS) is 19.8. The van der Waals surface area contributed by atoms with Crippen molar-refractivity contribution in [1.29, 1.82) is 0 Å². The van der Waals surface area contributed by atoms with Crippen molar-refractivity contribution in [1.82, 2.24) is 5.32 Å². The minimum absolute atomic E-state index is 0.764. The van der Waals surface area contributed by atoms with E-state index in [0.717, 1.165) is 12.0 Å². The molecule has 1 rings (SSSR count). The molecule has 0 bridgehead atoms. The molecule has 0 aromatic heterocycles. The Morgan fingerprint density at radius 2 is 2.23 bits per heavy atom. The molecule has 0 aromatic rings. The SMILES string of the molecule is CCSCCCNC(C)C1CCC1. The van der Waals surface area contributed by atoms with Crippen molar-refractivity contribution in [2.75, 3.05) is 18.1 Å². The maximum Gasteiger partial charge on any atom is 0.00670 e. The van der Waals surface area contributed by atoms with Gasteiger partial charge in [-0.1, -0.05) is 13.3 Å². The van der Waals surface area contributed by atoms with Gasteiger partial charge < -0.3 is 5.32 Å². The van der Waals surface area contributed by atoms with Crippen LogP contribution in [-0.2, 0) is 0 Å². The van der Waals surface area contributed by atoms with Crippen molar-refractivity contribution in [2.24, 2.45) is 5.92 Å². The van der Waals surface area contributed by atoms with Crippen LogP contribution in [0, 0.1) is 5.92 Å². The molecule has 2 heteroatoms. The van der Waals surface area contributed by atoms with E-state index in [4.69, 9.17) is 0 Å². The van der Waals surface area contributed by atoms with Crippen LogP contribution in [0.4, 0.5) is 0 Å². The van der Waals surface area contributed by atoms with Gasteiger partial charge >= 0.3 is 0 Å². The fourth-order valence-corrected chi connectivity index (χ4v) is 2.39. The molecule has 1 N–H and O–H groups in total. The predicted octanol–water partition coefficient (Wildman–Crippen LogP) is 2.91. The van der Waals surface area contributed by atoms with Crippen LogP contribution in [-0.4, -0.2) is 24.1 Å². The van der Waals surface area contributed by atoms with E-state index in [0.29, 0.717) is 0 Å². The summed E-state index contributed by atoms with van der Waals surface area (Å²) in [4.78, 5) is 0. The highest BCUT2D eigenvalue weighted by Crippen LogP contribution is 2.29. The van der Waals surface area contributed by atoms with Gasteiger partial charge in [0.1, 0.15) is 0 Å². The van der Waals surface area contributed by atoms with Gasteiger partial charge in [-0.3, -0.25) is 0 Å². The molecule has 0 spiro atoms. The number of nitrogens with one attached hydrogen (secondary N) is 1. The van der Waals surface area contributed by atoms with Gasteiger partial charge in [0.05, 0.1) is 0 Å². The maximum absolute atomic E-state index is 3.63. The van der Waals surface area contributed by atoms with E-state index < -0.39 is 0 Å². The zero-order valence-corrected chi connectivity index (χ0v) is 9.83. The van der Waals surface area contributed by atoms with Crippen LogP contribution in [0.25, 0.3) is 0 Å². The minimum Gasteiger partial charge on any atom is -0.314 e. The molecule has 1 unspecified atom stereocenters. The van der Waals surface area contributed by atoms with E-state index in [1.165, 1.54) is 43.7 Å². The predicted molar refractivity (Wildman–Crippen MR) is 62.4 cm³/mol. The molecule has 1 fully saturated rings. The summed E-state index contributed by atoms with van der Waals surface area (Å²) in [7, 11) is 0. The zero-order valence-electron chi connectivity index (χ0n) is 9.01. The third-order valence-electron chi connectivity index (χ3n) is 2.99. The Balaban J connectivity index is 1.86. The third-order valence-corrected chi connectivity index (χ3v) is 3.98. The molecule has 1 atom stereocenters. The number of thioether (sulfide) groups is 1. The van der Waals surface area contributed by atoms with Gasteiger partial charge in [-0.05, 0) is 50.2 Å². The number of hydrogen-bond acceptors (Lipinski definition) is 2. The first-order valence-electron chi connectivity index (χ1n) is 5.65. The Morgan fingerprint density at radius 1 is 1.46 bits per heavy atom. The molecule has 0 radical (unpaired) electrons. The van der Waals surface area contributed by atoms with Crippen molar-refractivity contribution in [2.45, 2.75) is 45.6 Å². The van der Waals surface area contributed by atoms with Crippen LogP contribution in [0.1, 0.15) is 39.5 Å². The van der Waals surface area contributed by atoms with Crippen LogP contribution in [0.15, 0.2) is 0 Å². The molecule has 78 valence electrons. The molecule has 1 saturated carbocycles. The molecule has 0 amide bonds. The standard InChI is InChI=1S/C11H23NS/c1-3-13-9-5-8-12-10(2)11-6-4-7-11/h10-12H,3-9H2,1-2H3. The van der Waals surface area contributed by atoms with Crippen molar-refractivity contribution >= 4 is 11.8 Å². The molecule has 1 nitrogen and oxygen atoms in total. The third kappa shape index (κ3) is 4.37. The summed E-state index contributed by atoms with van der Waals surface area (Å²) in [6.45, 7) is 5.79. The van der Waals surface area contributed by atoms with Gasteiger partial charge in [-0.2, -0.15) is 11.8 Å². The minimum atomic E-state index is 0.764. The lowest BCUT2D eigenvalue weighted by Crippen LogP contribution is -2.37. The van der Waals surface area contributed by atoms with E-state index in [1.54, 1.807) is 0 Å². The fourth-order valence-electron chi connectivity index (χ4n) is 1.75. The van der Waals surface area contributed by atoms with E-state index in [-0.39, 0.29) is 0 Å². The Labute approximate surface area is 87.1 Å². The monoisotopic (exact) mass is 201 g/mol. The maximum atomic E-state index is 3.63. The molecule has 13 heavy (non-hydrogen) atoms. The molecule has 0 aromatic carbocycles. The lowest BCUT2D eigenvalue weighted by Gasteiger charge is -2.32. The van der Waals surface area contributed by atoms with Gasteiger partial charge in [0.15, 0.2) is 0 Å². The first kappa shape index (κ1) is 11.4. The van der Waals surface area contributed by atoms with E-state index in [2.05, 4.69) is 19.2 Å². The van der Waals surface area contributed by atoms with Crippen LogP contribution in [0.5, 0.6) is 0 Å². The van der Waals surface area contributed by atoms with E-state index in [9.17, 15) is 0 Å².